The molecule has 0 aliphatic carbocycles. The number of hydrogen-bond acceptors (Lipinski definition) is 3. The van der Waals surface area contributed by atoms with Gasteiger partial charge in [0.2, 0.25) is 0 Å². The van der Waals surface area contributed by atoms with E-state index in [1.807, 2.05) is 0 Å². The minimum absolute atomic E-state index is 0.0289. The fraction of sp³-hybridized carbons (Fsp3) is 0.286. The van der Waals surface area contributed by atoms with Crippen LogP contribution in [0.4, 0.5) is 0 Å². The monoisotopic (exact) mass is 184 g/mol. The van der Waals surface area contributed by atoms with Gasteiger partial charge in [0.05, 0.1) is 11.9 Å². The van der Waals surface area contributed by atoms with Crippen LogP contribution in [0.2, 0.25) is 0 Å². The first-order chi connectivity index (χ1) is 6.02. The zero-order chi connectivity index (χ0) is 10.0. The van der Waals surface area contributed by atoms with Gasteiger partial charge in [-0.1, -0.05) is 0 Å². The smallest absolute Gasteiger partial charge is 0.339 e. The lowest BCUT2D eigenvalue weighted by atomic mass is 10.3. The summed E-state index contributed by atoms with van der Waals surface area (Å²) in [5.41, 5.74) is 0.371. The summed E-state index contributed by atoms with van der Waals surface area (Å²) in [5.74, 6) is -2.16. The summed E-state index contributed by atoms with van der Waals surface area (Å²) in [6.07, 6.45) is 1.14. The predicted octanol–water partition coefficient (Wildman–Crippen LogP) is -0.0257. The molecule has 6 heteroatoms. The van der Waals surface area contributed by atoms with Crippen molar-refractivity contribution >= 4 is 11.9 Å². The highest BCUT2D eigenvalue weighted by Crippen LogP contribution is 2.06. The highest BCUT2D eigenvalue weighted by atomic mass is 16.4. The number of aromatic nitrogens is 2. The van der Waals surface area contributed by atoms with E-state index in [1.165, 1.54) is 6.92 Å². The molecule has 70 valence electrons. The third-order valence-electron chi connectivity index (χ3n) is 1.62. The summed E-state index contributed by atoms with van der Waals surface area (Å²) in [5, 5.41) is 20.7. The van der Waals surface area contributed by atoms with Crippen LogP contribution in [0.1, 0.15) is 16.1 Å². The Balaban J connectivity index is 2.99. The number of carboxylic acid groups (broad SMARTS) is 2. The summed E-state index contributed by atoms with van der Waals surface area (Å²) < 4.78 is 1.13. The van der Waals surface area contributed by atoms with Crippen molar-refractivity contribution in [2.24, 2.45) is 0 Å². The molecule has 13 heavy (non-hydrogen) atoms. The number of aliphatic carboxylic acids is 1. The van der Waals surface area contributed by atoms with Gasteiger partial charge in [0.15, 0.2) is 0 Å². The van der Waals surface area contributed by atoms with Gasteiger partial charge in [0, 0.05) is 0 Å². The lowest BCUT2D eigenvalue weighted by Crippen LogP contribution is -2.12. The molecule has 0 saturated carbocycles. The molecule has 0 aliphatic rings. The fourth-order valence-corrected chi connectivity index (χ4v) is 0.944. The molecular formula is C7H8N2O4. The van der Waals surface area contributed by atoms with Crippen LogP contribution in [0.25, 0.3) is 0 Å². The molecular weight excluding hydrogens is 176 g/mol. The van der Waals surface area contributed by atoms with Gasteiger partial charge >= 0.3 is 11.9 Å². The summed E-state index contributed by atoms with van der Waals surface area (Å²) in [7, 11) is 0. The van der Waals surface area contributed by atoms with Gasteiger partial charge in [-0.05, 0) is 6.92 Å². The predicted molar refractivity (Wildman–Crippen MR) is 41.6 cm³/mol. The molecule has 0 amide bonds. The van der Waals surface area contributed by atoms with Crippen LogP contribution in [0.3, 0.4) is 0 Å². The second kappa shape index (κ2) is 3.26. The van der Waals surface area contributed by atoms with Gasteiger partial charge in [0.25, 0.3) is 0 Å². The van der Waals surface area contributed by atoms with Crippen LogP contribution in [-0.2, 0) is 11.3 Å². The molecule has 1 aromatic heterocycles. The summed E-state index contributed by atoms with van der Waals surface area (Å²) in [6, 6.07) is 0. The van der Waals surface area contributed by atoms with Crippen LogP contribution in [0.5, 0.6) is 0 Å². The molecule has 0 atom stereocenters. The van der Waals surface area contributed by atoms with Crippen molar-refractivity contribution < 1.29 is 19.8 Å². The number of hydrogen-bond donors (Lipinski definition) is 2. The Morgan fingerprint density at radius 3 is 2.54 bits per heavy atom. The molecule has 0 saturated heterocycles. The first kappa shape index (κ1) is 9.24. The molecule has 1 rings (SSSR count). The third-order valence-corrected chi connectivity index (χ3v) is 1.62. The molecule has 0 aliphatic heterocycles. The Hall–Kier alpha value is -1.85. The summed E-state index contributed by atoms with van der Waals surface area (Å²) in [6.45, 7) is 1.19. The maximum Gasteiger partial charge on any atom is 0.339 e. The van der Waals surface area contributed by atoms with Crippen LogP contribution >= 0.6 is 0 Å². The Bertz CT molecular complexity index is 355. The zero-order valence-electron chi connectivity index (χ0n) is 6.89. The first-order valence-electron chi connectivity index (χ1n) is 3.50. The van der Waals surface area contributed by atoms with E-state index in [-0.39, 0.29) is 12.1 Å². The van der Waals surface area contributed by atoms with Crippen molar-refractivity contribution in [3.8, 4) is 0 Å². The largest absolute Gasteiger partial charge is 0.480 e. The van der Waals surface area contributed by atoms with E-state index in [1.54, 1.807) is 0 Å². The molecule has 2 N–H and O–H groups in total. The van der Waals surface area contributed by atoms with Crippen molar-refractivity contribution in [3.05, 3.63) is 17.5 Å². The topological polar surface area (TPSA) is 92.4 Å². The molecule has 0 radical (unpaired) electrons. The highest BCUT2D eigenvalue weighted by Gasteiger charge is 2.13. The number of carbonyl (C=O) groups is 2. The molecule has 6 nitrogen and oxygen atoms in total. The van der Waals surface area contributed by atoms with Gasteiger partial charge in [-0.25, -0.2) is 4.79 Å². The normalized spacial score (nSPS) is 9.92. The second-order valence-electron chi connectivity index (χ2n) is 2.50. The van der Waals surface area contributed by atoms with E-state index in [4.69, 9.17) is 10.2 Å². The van der Waals surface area contributed by atoms with Gasteiger partial charge < -0.3 is 10.2 Å². The second-order valence-corrected chi connectivity index (χ2v) is 2.50. The number of rotatable bonds is 3. The van der Waals surface area contributed by atoms with Crippen molar-refractivity contribution in [2.75, 3.05) is 0 Å². The average Bonchev–Trinajstić information content (AvgIpc) is 2.32. The van der Waals surface area contributed by atoms with E-state index in [0.717, 1.165) is 10.9 Å². The maximum atomic E-state index is 10.5. The van der Waals surface area contributed by atoms with E-state index in [0.29, 0.717) is 5.69 Å². The standard InChI is InChI=1S/C7H8N2O4/c1-4-5(7(12)13)2-8-9(4)3-6(10)11/h2H,3H2,1H3,(H,10,11)(H,12,13). The highest BCUT2D eigenvalue weighted by molar-refractivity contribution is 5.88. The lowest BCUT2D eigenvalue weighted by molar-refractivity contribution is -0.137. The van der Waals surface area contributed by atoms with Crippen molar-refractivity contribution in [2.45, 2.75) is 13.5 Å². The van der Waals surface area contributed by atoms with Crippen LogP contribution in [-0.4, -0.2) is 31.9 Å². The van der Waals surface area contributed by atoms with Crippen LogP contribution in [0, 0.1) is 6.92 Å². The third kappa shape index (κ3) is 1.84. The van der Waals surface area contributed by atoms with Crippen molar-refractivity contribution in [1.29, 1.82) is 0 Å². The van der Waals surface area contributed by atoms with E-state index >= 15 is 0 Å². The lowest BCUT2D eigenvalue weighted by Gasteiger charge is -1.99. The van der Waals surface area contributed by atoms with Crippen LogP contribution < -0.4 is 0 Å². The van der Waals surface area contributed by atoms with Crippen LogP contribution in [0.15, 0.2) is 6.20 Å². The van der Waals surface area contributed by atoms with Gasteiger partial charge in [-0.3, -0.25) is 9.48 Å². The fourth-order valence-electron chi connectivity index (χ4n) is 0.944. The Morgan fingerprint density at radius 1 is 1.54 bits per heavy atom. The van der Waals surface area contributed by atoms with E-state index < -0.39 is 11.9 Å². The molecule has 0 spiro atoms. The molecule has 0 unspecified atom stereocenters. The minimum atomic E-state index is -1.10. The van der Waals surface area contributed by atoms with Gasteiger partial charge in [0.1, 0.15) is 12.1 Å². The van der Waals surface area contributed by atoms with Gasteiger partial charge in [-0.2, -0.15) is 5.10 Å². The Kier molecular flexibility index (Phi) is 2.32. The van der Waals surface area contributed by atoms with Crippen molar-refractivity contribution in [3.63, 3.8) is 0 Å². The van der Waals surface area contributed by atoms with E-state index in [9.17, 15) is 9.59 Å². The first-order valence-corrected chi connectivity index (χ1v) is 3.50. The number of aromatic carboxylic acids is 1. The Morgan fingerprint density at radius 2 is 2.15 bits per heavy atom. The molecule has 0 aromatic carbocycles. The SMILES string of the molecule is Cc1c(C(=O)O)cnn1CC(=O)O. The molecule has 0 bridgehead atoms. The number of carboxylic acids is 2. The molecule has 1 heterocycles. The Labute approximate surface area is 73.4 Å². The number of nitrogens with zero attached hydrogens (tertiary/aromatic N) is 2. The maximum absolute atomic E-state index is 10.5. The quantitative estimate of drug-likeness (QED) is 0.688. The van der Waals surface area contributed by atoms with E-state index in [2.05, 4.69) is 5.10 Å². The van der Waals surface area contributed by atoms with Crippen molar-refractivity contribution in [1.82, 2.24) is 9.78 Å². The average molecular weight is 184 g/mol. The molecule has 0 fully saturated rings. The summed E-state index contributed by atoms with van der Waals surface area (Å²) >= 11 is 0. The van der Waals surface area contributed by atoms with Gasteiger partial charge in [-0.15, -0.1) is 0 Å². The zero-order valence-corrected chi connectivity index (χ0v) is 6.89. The minimum Gasteiger partial charge on any atom is -0.480 e. The molecule has 1 aromatic rings. The summed E-state index contributed by atoms with van der Waals surface area (Å²) in [4.78, 5) is 20.8.